The molecule has 0 unspecified atom stereocenters. The van der Waals surface area contributed by atoms with Crippen molar-refractivity contribution in [1.82, 2.24) is 5.23 Å². The van der Waals surface area contributed by atoms with E-state index in [0.29, 0.717) is 13.0 Å². The molecule has 2 aliphatic rings. The Bertz CT molecular complexity index is 320. The number of hydrogen-bond donors (Lipinski definition) is 0. The van der Waals surface area contributed by atoms with Gasteiger partial charge in [0.1, 0.15) is 5.92 Å². The molecule has 0 radical (unpaired) electrons. The Hall–Kier alpha value is -1.18. The van der Waals surface area contributed by atoms with Crippen molar-refractivity contribution in [1.29, 1.82) is 0 Å². The summed E-state index contributed by atoms with van der Waals surface area (Å²) in [7, 11) is 2.53. The van der Waals surface area contributed by atoms with Crippen molar-refractivity contribution in [3.63, 3.8) is 0 Å². The van der Waals surface area contributed by atoms with Crippen molar-refractivity contribution in [3.05, 3.63) is 0 Å². The van der Waals surface area contributed by atoms with E-state index >= 15 is 0 Å². The summed E-state index contributed by atoms with van der Waals surface area (Å²) in [5.41, 5.74) is 0. The van der Waals surface area contributed by atoms with Crippen LogP contribution in [0.25, 0.3) is 0 Å². The Morgan fingerprint density at radius 3 is 2.59 bits per heavy atom. The number of esters is 2. The summed E-state index contributed by atoms with van der Waals surface area (Å²) < 4.78 is 9.31. The fraction of sp³-hybridized carbons (Fsp3) is 0.800. The molecule has 96 valence electrons. The number of nitrogens with zero attached hydrogens (tertiary/aromatic N) is 1. The standard InChI is InChI=1S/C10H15NO6/c1-14-9(12)7-6-4-3-5-16-11(6)17-8(7)10(13)15-2/h6-8H,3-5H2,1-2H3/t6-,7+,8+/m0/s1. The normalized spacial score (nSPS) is 32.9. The van der Waals surface area contributed by atoms with E-state index in [1.54, 1.807) is 0 Å². The summed E-state index contributed by atoms with van der Waals surface area (Å²) in [4.78, 5) is 33.8. The van der Waals surface area contributed by atoms with Gasteiger partial charge in [0, 0.05) is 0 Å². The molecule has 7 nitrogen and oxygen atoms in total. The van der Waals surface area contributed by atoms with Crippen LogP contribution in [0.4, 0.5) is 0 Å². The fourth-order valence-corrected chi connectivity index (χ4v) is 2.17. The van der Waals surface area contributed by atoms with Gasteiger partial charge >= 0.3 is 11.9 Å². The Balaban J connectivity index is 2.20. The summed E-state index contributed by atoms with van der Waals surface area (Å²) in [6, 6.07) is -0.291. The fourth-order valence-electron chi connectivity index (χ4n) is 2.17. The minimum absolute atomic E-state index is 0.291. The zero-order valence-corrected chi connectivity index (χ0v) is 9.75. The van der Waals surface area contributed by atoms with Gasteiger partial charge in [-0.15, -0.1) is 0 Å². The monoisotopic (exact) mass is 245 g/mol. The number of ether oxygens (including phenoxy) is 2. The van der Waals surface area contributed by atoms with E-state index in [4.69, 9.17) is 14.4 Å². The molecule has 2 saturated heterocycles. The predicted octanol–water partition coefficient (Wildman–Crippen LogP) is -0.342. The number of methoxy groups -OCH3 is 2. The number of rotatable bonds is 2. The quantitative estimate of drug-likeness (QED) is 0.616. The summed E-state index contributed by atoms with van der Waals surface area (Å²) in [5, 5.41) is 1.23. The van der Waals surface area contributed by atoms with Gasteiger partial charge < -0.3 is 9.47 Å². The van der Waals surface area contributed by atoms with Crippen LogP contribution in [-0.2, 0) is 28.7 Å². The first-order valence-electron chi connectivity index (χ1n) is 5.43. The molecular weight excluding hydrogens is 230 g/mol. The number of hydrogen-bond acceptors (Lipinski definition) is 7. The van der Waals surface area contributed by atoms with Crippen molar-refractivity contribution in [2.24, 2.45) is 5.92 Å². The highest BCUT2D eigenvalue weighted by Crippen LogP contribution is 2.34. The van der Waals surface area contributed by atoms with E-state index in [2.05, 4.69) is 4.74 Å². The van der Waals surface area contributed by atoms with E-state index in [9.17, 15) is 9.59 Å². The molecule has 2 aliphatic heterocycles. The predicted molar refractivity (Wildman–Crippen MR) is 53.2 cm³/mol. The van der Waals surface area contributed by atoms with Crippen LogP contribution in [0, 0.1) is 5.92 Å². The van der Waals surface area contributed by atoms with Gasteiger partial charge in [-0.05, 0) is 12.8 Å². The van der Waals surface area contributed by atoms with Gasteiger partial charge in [-0.3, -0.25) is 14.5 Å². The second-order valence-corrected chi connectivity index (χ2v) is 3.93. The Labute approximate surface area is 98.5 Å². The largest absolute Gasteiger partial charge is 0.469 e. The molecule has 0 bridgehead atoms. The molecule has 7 heteroatoms. The molecule has 0 aromatic rings. The van der Waals surface area contributed by atoms with Crippen molar-refractivity contribution in [3.8, 4) is 0 Å². The Kier molecular flexibility index (Phi) is 3.60. The van der Waals surface area contributed by atoms with Crippen molar-refractivity contribution >= 4 is 11.9 Å². The molecule has 0 aromatic heterocycles. The van der Waals surface area contributed by atoms with Crippen molar-refractivity contribution in [2.45, 2.75) is 25.0 Å². The average Bonchev–Trinajstić information content (AvgIpc) is 2.76. The third kappa shape index (κ3) is 2.13. The zero-order valence-electron chi connectivity index (χ0n) is 9.75. The first-order chi connectivity index (χ1) is 8.19. The lowest BCUT2D eigenvalue weighted by molar-refractivity contribution is -0.379. The molecule has 0 N–H and O–H groups in total. The van der Waals surface area contributed by atoms with Crippen molar-refractivity contribution in [2.75, 3.05) is 20.8 Å². The summed E-state index contributed by atoms with van der Waals surface area (Å²) in [6.07, 6.45) is 0.537. The number of fused-ring (bicyclic) bond motifs is 1. The second kappa shape index (κ2) is 4.99. The minimum Gasteiger partial charge on any atom is -0.469 e. The van der Waals surface area contributed by atoms with Crippen LogP contribution in [0.3, 0.4) is 0 Å². The first kappa shape index (κ1) is 12.3. The lowest BCUT2D eigenvalue weighted by Gasteiger charge is -2.27. The van der Waals surface area contributed by atoms with Crippen LogP contribution in [0.1, 0.15) is 12.8 Å². The maximum absolute atomic E-state index is 11.7. The van der Waals surface area contributed by atoms with Gasteiger partial charge in [0.15, 0.2) is 6.10 Å². The van der Waals surface area contributed by atoms with Crippen LogP contribution in [0.5, 0.6) is 0 Å². The molecule has 17 heavy (non-hydrogen) atoms. The molecule has 0 saturated carbocycles. The molecule has 2 heterocycles. The van der Waals surface area contributed by atoms with Crippen LogP contribution in [0.15, 0.2) is 0 Å². The lowest BCUT2D eigenvalue weighted by Crippen LogP contribution is -2.41. The zero-order chi connectivity index (χ0) is 12.4. The van der Waals surface area contributed by atoms with Gasteiger partial charge in [-0.25, -0.2) is 4.79 Å². The molecule has 2 fully saturated rings. The van der Waals surface area contributed by atoms with Gasteiger partial charge in [0.05, 0.1) is 26.9 Å². The van der Waals surface area contributed by atoms with E-state index in [1.165, 1.54) is 19.4 Å². The van der Waals surface area contributed by atoms with Crippen LogP contribution in [0.2, 0.25) is 0 Å². The second-order valence-electron chi connectivity index (χ2n) is 3.93. The number of carbonyl (C=O) groups is 2. The van der Waals surface area contributed by atoms with Gasteiger partial charge in [-0.1, -0.05) is 5.23 Å². The van der Waals surface area contributed by atoms with Crippen LogP contribution in [-0.4, -0.2) is 50.1 Å². The highest BCUT2D eigenvalue weighted by molar-refractivity contribution is 5.84. The maximum atomic E-state index is 11.7. The maximum Gasteiger partial charge on any atom is 0.338 e. The van der Waals surface area contributed by atoms with E-state index in [1.807, 2.05) is 0 Å². The summed E-state index contributed by atoms with van der Waals surface area (Å²) in [6.45, 7) is 0.512. The molecule has 0 aromatic carbocycles. The SMILES string of the molecule is COC(=O)[C@H]1[C@H](C(=O)OC)ON2OCCC[C@@H]12. The Morgan fingerprint density at radius 1 is 1.24 bits per heavy atom. The Morgan fingerprint density at radius 2 is 1.94 bits per heavy atom. The first-order valence-corrected chi connectivity index (χ1v) is 5.43. The lowest BCUT2D eigenvalue weighted by atomic mass is 9.91. The van der Waals surface area contributed by atoms with Gasteiger partial charge in [-0.2, -0.15) is 0 Å². The minimum atomic E-state index is -0.990. The van der Waals surface area contributed by atoms with Crippen LogP contribution < -0.4 is 0 Å². The van der Waals surface area contributed by atoms with E-state index < -0.39 is 24.0 Å². The highest BCUT2D eigenvalue weighted by Gasteiger charge is 2.53. The van der Waals surface area contributed by atoms with Crippen LogP contribution >= 0.6 is 0 Å². The van der Waals surface area contributed by atoms with Gasteiger partial charge in [0.2, 0.25) is 0 Å². The number of carbonyl (C=O) groups excluding carboxylic acids is 2. The highest BCUT2D eigenvalue weighted by atomic mass is 17.0. The molecule has 0 spiro atoms. The smallest absolute Gasteiger partial charge is 0.338 e. The van der Waals surface area contributed by atoms with Gasteiger partial charge in [0.25, 0.3) is 0 Å². The summed E-state index contributed by atoms with van der Waals surface area (Å²) in [5.74, 6) is -1.79. The third-order valence-corrected chi connectivity index (χ3v) is 3.00. The number of hydroxylamine groups is 2. The van der Waals surface area contributed by atoms with E-state index in [0.717, 1.165) is 6.42 Å². The molecule has 0 amide bonds. The average molecular weight is 245 g/mol. The van der Waals surface area contributed by atoms with E-state index in [-0.39, 0.29) is 6.04 Å². The summed E-state index contributed by atoms with van der Waals surface area (Å²) >= 11 is 0. The molecular formula is C10H15NO6. The molecule has 0 aliphatic carbocycles. The topological polar surface area (TPSA) is 74.3 Å². The van der Waals surface area contributed by atoms with Crippen molar-refractivity contribution < 1.29 is 28.7 Å². The third-order valence-electron chi connectivity index (χ3n) is 3.00. The molecule has 3 atom stereocenters. The molecule has 2 rings (SSSR count).